The molecule has 7 heteroatoms. The Kier molecular flexibility index (Phi) is 7.37. The van der Waals surface area contributed by atoms with Crippen molar-refractivity contribution in [2.24, 2.45) is 0 Å². The van der Waals surface area contributed by atoms with E-state index in [1.807, 2.05) is 79.7 Å². The molecule has 0 aromatic heterocycles. The van der Waals surface area contributed by atoms with Crippen LogP contribution in [0.2, 0.25) is 5.02 Å². The molecule has 168 valence electrons. The van der Waals surface area contributed by atoms with Gasteiger partial charge in [0.2, 0.25) is 0 Å². The average Bonchev–Trinajstić information content (AvgIpc) is 3.06. The zero-order valence-electron chi connectivity index (χ0n) is 18.0. The fraction of sp³-hybridized carbons (Fsp3) is 0.154. The number of imide groups is 1. The summed E-state index contributed by atoms with van der Waals surface area (Å²) >= 11 is 6.93. The quantitative estimate of drug-likeness (QED) is 0.353. The lowest BCUT2D eigenvalue weighted by Crippen LogP contribution is -2.32. The molecule has 1 aliphatic heterocycles. The molecule has 0 aliphatic carbocycles. The molecule has 0 unspecified atom stereocenters. The van der Waals surface area contributed by atoms with Crippen LogP contribution in [0.15, 0.2) is 77.7 Å². The molecule has 4 rings (SSSR count). The maximum atomic E-state index is 12.7. The predicted octanol–water partition coefficient (Wildman–Crippen LogP) is 6.34. The van der Waals surface area contributed by atoms with Gasteiger partial charge in [-0.05, 0) is 77.9 Å². The first-order valence-corrected chi connectivity index (χ1v) is 11.6. The summed E-state index contributed by atoms with van der Waals surface area (Å²) in [6.45, 7) is 2.83. The minimum absolute atomic E-state index is 0.201. The molecular formula is C26H22ClNO4S. The molecular weight excluding hydrogens is 458 g/mol. The zero-order chi connectivity index (χ0) is 23.2. The first kappa shape index (κ1) is 23.0. The van der Waals surface area contributed by atoms with Gasteiger partial charge in [-0.2, -0.15) is 0 Å². The number of ether oxygens (including phenoxy) is 2. The zero-order valence-corrected chi connectivity index (χ0v) is 19.6. The van der Waals surface area contributed by atoms with E-state index >= 15 is 0 Å². The first-order chi connectivity index (χ1) is 16.0. The van der Waals surface area contributed by atoms with Crippen molar-refractivity contribution in [3.63, 3.8) is 0 Å². The Bertz CT molecular complexity index is 1190. The molecule has 1 aliphatic rings. The number of thioether (sulfide) groups is 1. The van der Waals surface area contributed by atoms with Gasteiger partial charge in [0.25, 0.3) is 11.1 Å². The summed E-state index contributed by atoms with van der Waals surface area (Å²) in [5.41, 5.74) is 2.88. The molecule has 0 atom stereocenters. The SMILES string of the molecule is Cc1cccc(OCCN2C(=O)S/C(=C\c3ccc(OCc4cccc(Cl)c4)cc3)C2=O)c1. The third-order valence-electron chi connectivity index (χ3n) is 4.92. The topological polar surface area (TPSA) is 55.8 Å². The Morgan fingerprint density at radius 1 is 0.939 bits per heavy atom. The van der Waals surface area contributed by atoms with Crippen molar-refractivity contribution >= 4 is 40.6 Å². The number of halogens is 1. The Balaban J connectivity index is 1.32. The standard InChI is InChI=1S/C26H22ClNO4S/c1-18-4-2-7-23(14-18)31-13-12-28-25(29)24(33-26(28)30)16-19-8-10-22(11-9-19)32-17-20-5-3-6-21(27)15-20/h2-11,14-16H,12-13,17H2,1H3/b24-16-. The highest BCUT2D eigenvalue weighted by Crippen LogP contribution is 2.32. The van der Waals surface area contributed by atoms with Gasteiger partial charge in [-0.3, -0.25) is 14.5 Å². The molecule has 3 aromatic rings. The predicted molar refractivity (Wildman–Crippen MR) is 132 cm³/mol. The number of benzene rings is 3. The van der Waals surface area contributed by atoms with Crippen molar-refractivity contribution in [3.05, 3.63) is 99.4 Å². The Morgan fingerprint density at radius 3 is 2.48 bits per heavy atom. The molecule has 0 saturated carbocycles. The van der Waals surface area contributed by atoms with Crippen molar-refractivity contribution in [2.75, 3.05) is 13.2 Å². The highest BCUT2D eigenvalue weighted by atomic mass is 35.5. The van der Waals surface area contributed by atoms with Gasteiger partial charge in [-0.1, -0.05) is 48.0 Å². The number of amides is 2. The second-order valence-corrected chi connectivity index (χ2v) is 8.92. The smallest absolute Gasteiger partial charge is 0.293 e. The van der Waals surface area contributed by atoms with E-state index in [9.17, 15) is 9.59 Å². The highest BCUT2D eigenvalue weighted by molar-refractivity contribution is 8.18. The maximum absolute atomic E-state index is 12.7. The maximum Gasteiger partial charge on any atom is 0.293 e. The van der Waals surface area contributed by atoms with E-state index in [1.165, 1.54) is 4.90 Å². The van der Waals surface area contributed by atoms with Crippen molar-refractivity contribution in [1.82, 2.24) is 4.90 Å². The van der Waals surface area contributed by atoms with Crippen LogP contribution in [0.5, 0.6) is 11.5 Å². The van der Waals surface area contributed by atoms with Crippen LogP contribution in [-0.2, 0) is 11.4 Å². The summed E-state index contributed by atoms with van der Waals surface area (Å²) in [5.74, 6) is 1.11. The minimum Gasteiger partial charge on any atom is -0.492 e. The number of carbonyl (C=O) groups excluding carboxylic acids is 2. The van der Waals surface area contributed by atoms with Crippen molar-refractivity contribution in [1.29, 1.82) is 0 Å². The summed E-state index contributed by atoms with van der Waals surface area (Å²) in [4.78, 5) is 26.6. The lowest BCUT2D eigenvalue weighted by atomic mass is 10.2. The molecule has 3 aromatic carbocycles. The van der Waals surface area contributed by atoms with Gasteiger partial charge >= 0.3 is 0 Å². The third-order valence-corrected chi connectivity index (χ3v) is 6.06. The second-order valence-electron chi connectivity index (χ2n) is 7.49. The summed E-state index contributed by atoms with van der Waals surface area (Å²) in [5, 5.41) is 0.377. The molecule has 5 nitrogen and oxygen atoms in total. The summed E-state index contributed by atoms with van der Waals surface area (Å²) in [7, 11) is 0. The monoisotopic (exact) mass is 479 g/mol. The normalized spacial score (nSPS) is 14.7. The van der Waals surface area contributed by atoms with E-state index in [1.54, 1.807) is 6.08 Å². The molecule has 0 radical (unpaired) electrons. The third kappa shape index (κ3) is 6.18. The van der Waals surface area contributed by atoms with Gasteiger partial charge < -0.3 is 9.47 Å². The lowest BCUT2D eigenvalue weighted by Gasteiger charge is -2.13. The van der Waals surface area contributed by atoms with Crippen molar-refractivity contribution < 1.29 is 19.1 Å². The van der Waals surface area contributed by atoms with E-state index in [-0.39, 0.29) is 24.3 Å². The van der Waals surface area contributed by atoms with Crippen LogP contribution >= 0.6 is 23.4 Å². The Hall–Kier alpha value is -3.22. The molecule has 1 fully saturated rings. The molecule has 1 heterocycles. The van der Waals surface area contributed by atoms with Crippen LogP contribution in [0, 0.1) is 6.92 Å². The van der Waals surface area contributed by atoms with E-state index in [2.05, 4.69) is 0 Å². The minimum atomic E-state index is -0.306. The first-order valence-electron chi connectivity index (χ1n) is 10.4. The van der Waals surface area contributed by atoms with Crippen LogP contribution in [-0.4, -0.2) is 29.2 Å². The molecule has 2 amide bonds. The lowest BCUT2D eigenvalue weighted by molar-refractivity contribution is -0.123. The van der Waals surface area contributed by atoms with Gasteiger partial charge in [-0.15, -0.1) is 0 Å². The Labute approximate surface area is 202 Å². The highest BCUT2D eigenvalue weighted by Gasteiger charge is 2.34. The van der Waals surface area contributed by atoms with Crippen LogP contribution < -0.4 is 9.47 Å². The van der Waals surface area contributed by atoms with Gasteiger partial charge in [0.15, 0.2) is 0 Å². The molecule has 1 saturated heterocycles. The van der Waals surface area contributed by atoms with Crippen LogP contribution in [0.25, 0.3) is 6.08 Å². The number of hydrogen-bond donors (Lipinski definition) is 0. The number of nitrogens with zero attached hydrogens (tertiary/aromatic N) is 1. The van der Waals surface area contributed by atoms with Crippen molar-refractivity contribution in [2.45, 2.75) is 13.5 Å². The fourth-order valence-electron chi connectivity index (χ4n) is 3.26. The number of hydrogen-bond acceptors (Lipinski definition) is 5. The molecule has 0 spiro atoms. The van der Waals surface area contributed by atoms with E-state index in [0.717, 1.165) is 34.2 Å². The van der Waals surface area contributed by atoms with Crippen LogP contribution in [0.3, 0.4) is 0 Å². The molecule has 33 heavy (non-hydrogen) atoms. The summed E-state index contributed by atoms with van der Waals surface area (Å²) in [6.07, 6.45) is 1.72. The van der Waals surface area contributed by atoms with Gasteiger partial charge in [-0.25, -0.2) is 0 Å². The van der Waals surface area contributed by atoms with Gasteiger partial charge in [0.1, 0.15) is 24.7 Å². The molecule has 0 bridgehead atoms. The second kappa shape index (κ2) is 10.6. The van der Waals surface area contributed by atoms with Crippen molar-refractivity contribution in [3.8, 4) is 11.5 Å². The van der Waals surface area contributed by atoms with E-state index < -0.39 is 0 Å². The fourth-order valence-corrected chi connectivity index (χ4v) is 4.34. The van der Waals surface area contributed by atoms with Crippen LogP contribution in [0.4, 0.5) is 4.79 Å². The summed E-state index contributed by atoms with van der Waals surface area (Å²) < 4.78 is 11.5. The molecule has 0 N–H and O–H groups in total. The largest absolute Gasteiger partial charge is 0.492 e. The number of carbonyl (C=O) groups is 2. The van der Waals surface area contributed by atoms with E-state index in [4.69, 9.17) is 21.1 Å². The summed E-state index contributed by atoms with van der Waals surface area (Å²) in [6, 6.07) is 22.5. The van der Waals surface area contributed by atoms with E-state index in [0.29, 0.717) is 22.3 Å². The Morgan fingerprint density at radius 2 is 1.73 bits per heavy atom. The number of aryl methyl sites for hydroxylation is 1. The van der Waals surface area contributed by atoms with Gasteiger partial charge in [0, 0.05) is 5.02 Å². The average molecular weight is 480 g/mol. The number of rotatable bonds is 8. The van der Waals surface area contributed by atoms with Gasteiger partial charge in [0.05, 0.1) is 11.4 Å². The van der Waals surface area contributed by atoms with Crippen LogP contribution in [0.1, 0.15) is 16.7 Å².